The third kappa shape index (κ3) is 4.91. The highest BCUT2D eigenvalue weighted by Gasteiger charge is 2.51. The first-order valence-electron chi connectivity index (χ1n) is 9.97. The summed E-state index contributed by atoms with van der Waals surface area (Å²) in [6, 6.07) is 0. The molecule has 24 heavy (non-hydrogen) atoms. The highest BCUT2D eigenvalue weighted by molar-refractivity contribution is 7.99. The number of carbonyl (C=O) groups excluding carboxylic acids is 1. The van der Waals surface area contributed by atoms with Gasteiger partial charge in [-0.1, -0.05) is 13.3 Å². The monoisotopic (exact) mass is 354 g/mol. The van der Waals surface area contributed by atoms with Crippen molar-refractivity contribution >= 4 is 17.7 Å². The summed E-state index contributed by atoms with van der Waals surface area (Å²) in [5, 5.41) is 0. The van der Waals surface area contributed by atoms with Crippen LogP contribution in [0.3, 0.4) is 0 Å². The van der Waals surface area contributed by atoms with Gasteiger partial charge in [0.1, 0.15) is 0 Å². The molecule has 0 aromatic carbocycles. The molecule has 4 rings (SSSR count). The Morgan fingerprint density at radius 1 is 1.12 bits per heavy atom. The number of hydrogen-bond donors (Lipinski definition) is 0. The van der Waals surface area contributed by atoms with Gasteiger partial charge in [0.25, 0.3) is 0 Å². The molecule has 0 aliphatic heterocycles. The molecule has 0 N–H and O–H groups in total. The van der Waals surface area contributed by atoms with Gasteiger partial charge in [0.2, 0.25) is 0 Å². The van der Waals surface area contributed by atoms with E-state index < -0.39 is 6.29 Å². The van der Waals surface area contributed by atoms with E-state index in [1.54, 1.807) is 0 Å². The summed E-state index contributed by atoms with van der Waals surface area (Å²) in [7, 11) is 0. The van der Waals surface area contributed by atoms with E-state index in [9.17, 15) is 4.79 Å². The highest BCUT2D eigenvalue weighted by Crippen LogP contribution is 2.61. The van der Waals surface area contributed by atoms with Crippen molar-refractivity contribution in [3.63, 3.8) is 0 Å². The van der Waals surface area contributed by atoms with Gasteiger partial charge in [-0.2, -0.15) is 11.8 Å². The van der Waals surface area contributed by atoms with Crippen LogP contribution in [0.15, 0.2) is 0 Å². The zero-order chi connectivity index (χ0) is 17.0. The molecule has 0 spiro atoms. The van der Waals surface area contributed by atoms with Gasteiger partial charge in [-0.05, 0) is 80.8 Å². The minimum absolute atomic E-state index is 0.0388. The van der Waals surface area contributed by atoms with Gasteiger partial charge in [0.05, 0.1) is 13.0 Å². The van der Waals surface area contributed by atoms with E-state index in [1.165, 1.54) is 57.1 Å². The Morgan fingerprint density at radius 2 is 1.75 bits per heavy atom. The number of ether oxygens (including phenoxy) is 2. The third-order valence-electron chi connectivity index (χ3n) is 6.20. The van der Waals surface area contributed by atoms with Crippen molar-refractivity contribution in [3.8, 4) is 0 Å². The van der Waals surface area contributed by atoms with Crippen molar-refractivity contribution in [2.75, 3.05) is 18.1 Å². The molecular formula is C20H34O3S. The fourth-order valence-electron chi connectivity index (χ4n) is 5.69. The van der Waals surface area contributed by atoms with Crippen LogP contribution in [0.2, 0.25) is 0 Å². The van der Waals surface area contributed by atoms with Gasteiger partial charge >= 0.3 is 5.97 Å². The van der Waals surface area contributed by atoms with Crippen molar-refractivity contribution in [2.24, 2.45) is 23.2 Å². The van der Waals surface area contributed by atoms with E-state index in [2.05, 4.69) is 6.92 Å². The molecule has 1 atom stereocenters. The van der Waals surface area contributed by atoms with Crippen LogP contribution in [0.25, 0.3) is 0 Å². The van der Waals surface area contributed by atoms with Gasteiger partial charge < -0.3 is 9.47 Å². The molecule has 4 aliphatic rings. The molecule has 0 amide bonds. The van der Waals surface area contributed by atoms with Gasteiger partial charge in [-0.15, -0.1) is 0 Å². The fourth-order valence-corrected chi connectivity index (χ4v) is 6.61. The summed E-state index contributed by atoms with van der Waals surface area (Å²) in [4.78, 5) is 12.4. The fraction of sp³-hybridized carbons (Fsp3) is 0.950. The summed E-state index contributed by atoms with van der Waals surface area (Å²) in [6.07, 6.45) is 10.8. The second-order valence-electron chi connectivity index (χ2n) is 8.49. The van der Waals surface area contributed by atoms with E-state index in [-0.39, 0.29) is 11.4 Å². The van der Waals surface area contributed by atoms with Crippen LogP contribution in [0.4, 0.5) is 0 Å². The average molecular weight is 355 g/mol. The molecule has 4 saturated carbocycles. The molecule has 0 saturated heterocycles. The molecule has 0 aromatic rings. The number of hydrogen-bond acceptors (Lipinski definition) is 4. The maximum Gasteiger partial charge on any atom is 0.308 e. The van der Waals surface area contributed by atoms with Crippen molar-refractivity contribution in [3.05, 3.63) is 0 Å². The molecule has 4 heteroatoms. The first-order chi connectivity index (χ1) is 11.6. The van der Waals surface area contributed by atoms with Crippen molar-refractivity contribution in [1.82, 2.24) is 0 Å². The Hall–Kier alpha value is -0.220. The van der Waals surface area contributed by atoms with Crippen molar-refractivity contribution in [2.45, 2.75) is 77.9 Å². The van der Waals surface area contributed by atoms with Crippen LogP contribution in [0, 0.1) is 23.2 Å². The van der Waals surface area contributed by atoms with Gasteiger partial charge in [-0.25, -0.2) is 0 Å². The van der Waals surface area contributed by atoms with Crippen LogP contribution in [0.1, 0.15) is 71.6 Å². The maximum absolute atomic E-state index is 12.4. The summed E-state index contributed by atoms with van der Waals surface area (Å²) in [6.45, 7) is 4.73. The lowest BCUT2D eigenvalue weighted by Gasteiger charge is -2.56. The number of rotatable bonds is 10. The second kappa shape index (κ2) is 8.44. The lowest BCUT2D eigenvalue weighted by Crippen LogP contribution is -2.47. The summed E-state index contributed by atoms with van der Waals surface area (Å²) in [5.74, 6) is 4.80. The zero-order valence-corrected chi connectivity index (χ0v) is 16.2. The Labute approximate surface area is 151 Å². The standard InChI is InChI=1S/C20H34O3S/c1-3-4-6-24-7-5-22-15(2)23-19(21)14-20-11-16-8-17(12-20)10-18(9-16)13-20/h15-18H,3-14H2,1-2H3. The molecule has 4 bridgehead atoms. The smallest absolute Gasteiger partial charge is 0.308 e. The SMILES string of the molecule is CCCCSCCOC(C)OC(=O)CC12CC3CC(CC(C3)C1)C2. The van der Waals surface area contributed by atoms with E-state index in [1.807, 2.05) is 18.7 Å². The van der Waals surface area contributed by atoms with Crippen molar-refractivity contribution in [1.29, 1.82) is 0 Å². The number of carbonyl (C=O) groups is 1. The topological polar surface area (TPSA) is 35.5 Å². The van der Waals surface area contributed by atoms with Gasteiger partial charge in [0.15, 0.2) is 6.29 Å². The number of esters is 1. The molecular weight excluding hydrogens is 320 g/mol. The molecule has 3 nitrogen and oxygen atoms in total. The highest BCUT2D eigenvalue weighted by atomic mass is 32.2. The lowest BCUT2D eigenvalue weighted by atomic mass is 9.49. The van der Waals surface area contributed by atoms with E-state index >= 15 is 0 Å². The van der Waals surface area contributed by atoms with Crippen LogP contribution in [-0.4, -0.2) is 30.4 Å². The first-order valence-corrected chi connectivity index (χ1v) is 11.1. The minimum atomic E-state index is -0.404. The largest absolute Gasteiger partial charge is 0.436 e. The lowest BCUT2D eigenvalue weighted by molar-refractivity contribution is -0.180. The predicted molar refractivity (Wildman–Crippen MR) is 99.0 cm³/mol. The predicted octanol–water partition coefficient (Wildman–Crippen LogP) is 5.03. The minimum Gasteiger partial charge on any atom is -0.436 e. The first kappa shape index (κ1) is 18.6. The Bertz CT molecular complexity index is 388. The Balaban J connectivity index is 1.35. The van der Waals surface area contributed by atoms with E-state index in [0.29, 0.717) is 13.0 Å². The number of unbranched alkanes of at least 4 members (excludes halogenated alkanes) is 1. The van der Waals surface area contributed by atoms with Crippen LogP contribution in [-0.2, 0) is 14.3 Å². The average Bonchev–Trinajstić information content (AvgIpc) is 2.48. The summed E-state index contributed by atoms with van der Waals surface area (Å²) in [5.41, 5.74) is 0.265. The molecule has 138 valence electrons. The maximum atomic E-state index is 12.4. The van der Waals surface area contributed by atoms with E-state index in [0.717, 1.165) is 23.5 Å². The van der Waals surface area contributed by atoms with Crippen LogP contribution in [0.5, 0.6) is 0 Å². The molecule has 4 fully saturated rings. The van der Waals surface area contributed by atoms with Crippen molar-refractivity contribution < 1.29 is 14.3 Å². The number of thioether (sulfide) groups is 1. The Morgan fingerprint density at radius 3 is 2.33 bits per heavy atom. The molecule has 1 unspecified atom stereocenters. The van der Waals surface area contributed by atoms with Gasteiger partial charge in [-0.3, -0.25) is 4.79 Å². The summed E-state index contributed by atoms with van der Waals surface area (Å²) < 4.78 is 11.2. The quantitative estimate of drug-likeness (QED) is 0.313. The third-order valence-corrected chi connectivity index (χ3v) is 7.24. The Kier molecular flexibility index (Phi) is 6.53. The molecule has 0 radical (unpaired) electrons. The van der Waals surface area contributed by atoms with E-state index in [4.69, 9.17) is 9.47 Å². The van der Waals surface area contributed by atoms with Crippen LogP contribution >= 0.6 is 11.8 Å². The van der Waals surface area contributed by atoms with Gasteiger partial charge in [0, 0.05) is 5.75 Å². The normalized spacial score (nSPS) is 35.2. The molecule has 0 aromatic heterocycles. The second-order valence-corrected chi connectivity index (χ2v) is 9.71. The zero-order valence-electron chi connectivity index (χ0n) is 15.4. The molecule has 4 aliphatic carbocycles. The summed E-state index contributed by atoms with van der Waals surface area (Å²) >= 11 is 1.92. The van der Waals surface area contributed by atoms with Crippen LogP contribution < -0.4 is 0 Å². The molecule has 0 heterocycles.